The van der Waals surface area contributed by atoms with Gasteiger partial charge in [0.1, 0.15) is 18.9 Å². The van der Waals surface area contributed by atoms with Crippen molar-refractivity contribution in [3.8, 4) is 11.5 Å². The maximum absolute atomic E-state index is 12.4. The summed E-state index contributed by atoms with van der Waals surface area (Å²) in [6, 6.07) is 16.9. The van der Waals surface area contributed by atoms with E-state index in [1.54, 1.807) is 30.5 Å². The largest absolute Gasteiger partial charge is 0.486 e. The standard InChI is InChI=1S/C21H19N3O3/c1-14-3-2-4-15(11-14)23-17-5-7-18(22-13-17)21(25)24-16-6-8-19-20(12-16)27-10-9-26-19/h2-8,11-13,23H,9-10H2,1H3,(H,24,25). The maximum Gasteiger partial charge on any atom is 0.274 e. The van der Waals surface area contributed by atoms with Gasteiger partial charge in [-0.2, -0.15) is 0 Å². The number of hydrogen-bond donors (Lipinski definition) is 2. The summed E-state index contributed by atoms with van der Waals surface area (Å²) in [6.45, 7) is 3.07. The summed E-state index contributed by atoms with van der Waals surface area (Å²) in [5.74, 6) is 1.03. The number of nitrogens with one attached hydrogen (secondary N) is 2. The van der Waals surface area contributed by atoms with Crippen LogP contribution in [0.15, 0.2) is 60.8 Å². The van der Waals surface area contributed by atoms with Gasteiger partial charge in [-0.3, -0.25) is 4.79 Å². The van der Waals surface area contributed by atoms with Gasteiger partial charge in [-0.1, -0.05) is 12.1 Å². The van der Waals surface area contributed by atoms with Gasteiger partial charge in [0.25, 0.3) is 5.91 Å². The number of benzene rings is 2. The molecule has 0 unspecified atom stereocenters. The SMILES string of the molecule is Cc1cccc(Nc2ccc(C(=O)Nc3ccc4c(c3)OCCO4)nc2)c1. The van der Waals surface area contributed by atoms with E-state index >= 15 is 0 Å². The monoisotopic (exact) mass is 361 g/mol. The van der Waals surface area contributed by atoms with E-state index in [9.17, 15) is 4.79 Å². The molecule has 0 fully saturated rings. The Morgan fingerprint density at radius 2 is 1.74 bits per heavy atom. The van der Waals surface area contributed by atoms with Crippen molar-refractivity contribution in [1.29, 1.82) is 0 Å². The molecule has 2 heterocycles. The molecule has 27 heavy (non-hydrogen) atoms. The van der Waals surface area contributed by atoms with Crippen LogP contribution in [-0.2, 0) is 0 Å². The van der Waals surface area contributed by atoms with Crippen LogP contribution < -0.4 is 20.1 Å². The second-order valence-corrected chi connectivity index (χ2v) is 6.24. The predicted octanol–water partition coefficient (Wildman–Crippen LogP) is 4.16. The average Bonchev–Trinajstić information content (AvgIpc) is 2.68. The van der Waals surface area contributed by atoms with Gasteiger partial charge in [0, 0.05) is 17.4 Å². The quantitative estimate of drug-likeness (QED) is 0.730. The lowest BCUT2D eigenvalue weighted by atomic mass is 10.2. The van der Waals surface area contributed by atoms with Gasteiger partial charge in [-0.15, -0.1) is 0 Å². The molecule has 1 aliphatic heterocycles. The highest BCUT2D eigenvalue weighted by Crippen LogP contribution is 2.32. The van der Waals surface area contributed by atoms with E-state index in [4.69, 9.17) is 9.47 Å². The molecule has 3 aromatic rings. The van der Waals surface area contributed by atoms with Gasteiger partial charge >= 0.3 is 0 Å². The van der Waals surface area contributed by atoms with Crippen LogP contribution in [0.5, 0.6) is 11.5 Å². The highest BCUT2D eigenvalue weighted by molar-refractivity contribution is 6.03. The van der Waals surface area contributed by atoms with E-state index in [2.05, 4.69) is 15.6 Å². The molecule has 6 heteroatoms. The molecular weight excluding hydrogens is 342 g/mol. The molecule has 1 amide bonds. The van der Waals surface area contributed by atoms with E-state index < -0.39 is 0 Å². The van der Waals surface area contributed by atoms with E-state index in [1.165, 1.54) is 5.56 Å². The number of carbonyl (C=O) groups excluding carboxylic acids is 1. The van der Waals surface area contributed by atoms with Gasteiger partial charge in [0.15, 0.2) is 11.5 Å². The Balaban J connectivity index is 1.43. The van der Waals surface area contributed by atoms with Crippen molar-refractivity contribution in [2.75, 3.05) is 23.8 Å². The zero-order valence-corrected chi connectivity index (χ0v) is 14.9. The summed E-state index contributed by atoms with van der Waals surface area (Å²) >= 11 is 0. The summed E-state index contributed by atoms with van der Waals surface area (Å²) in [4.78, 5) is 16.7. The molecule has 0 atom stereocenters. The fourth-order valence-corrected chi connectivity index (χ4v) is 2.81. The number of amides is 1. The van der Waals surface area contributed by atoms with E-state index in [0.717, 1.165) is 11.4 Å². The van der Waals surface area contributed by atoms with Crippen LogP contribution in [0.1, 0.15) is 16.1 Å². The number of aryl methyl sites for hydroxylation is 1. The highest BCUT2D eigenvalue weighted by Gasteiger charge is 2.14. The Labute approximate surface area is 157 Å². The lowest BCUT2D eigenvalue weighted by molar-refractivity contribution is 0.102. The molecule has 136 valence electrons. The lowest BCUT2D eigenvalue weighted by Gasteiger charge is -2.19. The summed E-state index contributed by atoms with van der Waals surface area (Å²) < 4.78 is 11.0. The molecule has 0 aliphatic carbocycles. The first-order valence-corrected chi connectivity index (χ1v) is 8.68. The molecular formula is C21H19N3O3. The number of hydrogen-bond acceptors (Lipinski definition) is 5. The normalized spacial score (nSPS) is 12.3. The van der Waals surface area contributed by atoms with Gasteiger partial charge < -0.3 is 20.1 Å². The average molecular weight is 361 g/mol. The molecule has 0 saturated heterocycles. The Morgan fingerprint density at radius 1 is 0.926 bits per heavy atom. The molecule has 1 aliphatic rings. The van der Waals surface area contributed by atoms with Gasteiger partial charge in [-0.25, -0.2) is 4.98 Å². The number of fused-ring (bicyclic) bond motifs is 1. The molecule has 2 N–H and O–H groups in total. The van der Waals surface area contributed by atoms with Crippen molar-refractivity contribution < 1.29 is 14.3 Å². The number of pyridine rings is 1. The summed E-state index contributed by atoms with van der Waals surface area (Å²) in [7, 11) is 0. The number of ether oxygens (including phenoxy) is 2. The van der Waals surface area contributed by atoms with Crippen LogP contribution in [0.25, 0.3) is 0 Å². The number of carbonyl (C=O) groups is 1. The molecule has 2 aromatic carbocycles. The van der Waals surface area contributed by atoms with Gasteiger partial charge in [0.05, 0.1) is 11.9 Å². The maximum atomic E-state index is 12.4. The first-order chi connectivity index (χ1) is 13.2. The first-order valence-electron chi connectivity index (χ1n) is 8.68. The van der Waals surface area contributed by atoms with Crippen molar-refractivity contribution in [2.24, 2.45) is 0 Å². The summed E-state index contributed by atoms with van der Waals surface area (Å²) in [6.07, 6.45) is 1.64. The molecule has 0 radical (unpaired) electrons. The number of rotatable bonds is 4. The predicted molar refractivity (Wildman–Crippen MR) is 104 cm³/mol. The molecule has 6 nitrogen and oxygen atoms in total. The highest BCUT2D eigenvalue weighted by atomic mass is 16.6. The second kappa shape index (κ2) is 7.37. The lowest BCUT2D eigenvalue weighted by Crippen LogP contribution is -2.17. The Kier molecular flexibility index (Phi) is 4.61. The van der Waals surface area contributed by atoms with Crippen LogP contribution in [0.3, 0.4) is 0 Å². The fourth-order valence-electron chi connectivity index (χ4n) is 2.81. The minimum Gasteiger partial charge on any atom is -0.486 e. The number of anilines is 3. The molecule has 1 aromatic heterocycles. The van der Waals surface area contributed by atoms with Gasteiger partial charge in [0.2, 0.25) is 0 Å². The zero-order chi connectivity index (χ0) is 18.6. The van der Waals surface area contributed by atoms with Crippen molar-refractivity contribution in [3.63, 3.8) is 0 Å². The minimum absolute atomic E-state index is 0.284. The van der Waals surface area contributed by atoms with E-state index in [1.807, 2.05) is 37.3 Å². The molecule has 0 spiro atoms. The third kappa shape index (κ3) is 4.00. The van der Waals surface area contributed by atoms with Crippen LogP contribution in [0.2, 0.25) is 0 Å². The van der Waals surface area contributed by atoms with Crippen molar-refractivity contribution >= 4 is 23.0 Å². The summed E-state index contributed by atoms with van der Waals surface area (Å²) in [5, 5.41) is 6.10. The van der Waals surface area contributed by atoms with E-state index in [0.29, 0.717) is 36.1 Å². The fraction of sp³-hybridized carbons (Fsp3) is 0.143. The number of nitrogens with zero attached hydrogens (tertiary/aromatic N) is 1. The van der Waals surface area contributed by atoms with E-state index in [-0.39, 0.29) is 5.91 Å². The molecule has 4 rings (SSSR count). The molecule has 0 bridgehead atoms. The topological polar surface area (TPSA) is 72.5 Å². The Bertz CT molecular complexity index is 971. The molecule has 0 saturated carbocycles. The zero-order valence-electron chi connectivity index (χ0n) is 14.9. The Morgan fingerprint density at radius 3 is 2.52 bits per heavy atom. The van der Waals surface area contributed by atoms with Crippen LogP contribution in [0, 0.1) is 6.92 Å². The van der Waals surface area contributed by atoms with Crippen LogP contribution in [0.4, 0.5) is 17.1 Å². The smallest absolute Gasteiger partial charge is 0.274 e. The second-order valence-electron chi connectivity index (χ2n) is 6.24. The van der Waals surface area contributed by atoms with Crippen molar-refractivity contribution in [1.82, 2.24) is 4.98 Å². The van der Waals surface area contributed by atoms with Crippen LogP contribution in [-0.4, -0.2) is 24.1 Å². The van der Waals surface area contributed by atoms with Gasteiger partial charge in [-0.05, 0) is 48.9 Å². The van der Waals surface area contributed by atoms with Crippen molar-refractivity contribution in [2.45, 2.75) is 6.92 Å². The van der Waals surface area contributed by atoms with Crippen molar-refractivity contribution in [3.05, 3.63) is 72.1 Å². The Hall–Kier alpha value is -3.54. The van der Waals surface area contributed by atoms with Crippen LogP contribution >= 0.6 is 0 Å². The third-order valence-electron chi connectivity index (χ3n) is 4.10. The third-order valence-corrected chi connectivity index (χ3v) is 4.10. The first kappa shape index (κ1) is 16.9. The summed E-state index contributed by atoms with van der Waals surface area (Å²) in [5.41, 5.74) is 3.93. The minimum atomic E-state index is -0.284. The number of aromatic nitrogens is 1.